The highest BCUT2D eigenvalue weighted by Crippen LogP contribution is 2.39. The summed E-state index contributed by atoms with van der Waals surface area (Å²) in [6.07, 6.45) is 7.83. The van der Waals surface area contributed by atoms with Gasteiger partial charge in [-0.05, 0) is 87.2 Å². The number of nitrogens with one attached hydrogen (secondary N) is 1. The van der Waals surface area contributed by atoms with Gasteiger partial charge in [-0.2, -0.15) is 0 Å². The lowest BCUT2D eigenvalue weighted by molar-refractivity contribution is 0.133. The lowest BCUT2D eigenvalue weighted by atomic mass is 9.78. The summed E-state index contributed by atoms with van der Waals surface area (Å²) in [5.41, 5.74) is 1.04. The van der Waals surface area contributed by atoms with Crippen LogP contribution < -0.4 is 9.62 Å². The first-order chi connectivity index (χ1) is 17.7. The molecule has 1 aromatic heterocycles. The summed E-state index contributed by atoms with van der Waals surface area (Å²) in [5.74, 6) is -0.865. The molecule has 0 bridgehead atoms. The zero-order chi connectivity index (χ0) is 26.0. The SMILES string of the molecule is CN(Cc1ccc(F)c(F)c1)C1CCC(NS(=O)(=O)c2ccc(N3CCC4(CCOC4)CC3)nc2)CC1. The largest absolute Gasteiger partial charge is 0.381 e. The molecule has 3 heterocycles. The van der Waals surface area contributed by atoms with Crippen LogP contribution in [-0.2, 0) is 21.3 Å². The number of piperidine rings is 1. The van der Waals surface area contributed by atoms with E-state index in [2.05, 4.69) is 19.5 Å². The molecule has 0 radical (unpaired) electrons. The van der Waals surface area contributed by atoms with Crippen molar-refractivity contribution in [2.45, 2.75) is 68.5 Å². The molecule has 7 nitrogen and oxygen atoms in total. The Bertz CT molecular complexity index is 1170. The normalized spacial score (nSPS) is 24.2. The summed E-state index contributed by atoms with van der Waals surface area (Å²) >= 11 is 0. The topological polar surface area (TPSA) is 74.8 Å². The number of halogens is 2. The summed E-state index contributed by atoms with van der Waals surface area (Å²) < 4.78 is 61.2. The van der Waals surface area contributed by atoms with Gasteiger partial charge in [0.1, 0.15) is 10.7 Å². The molecule has 1 aliphatic carbocycles. The number of sulfonamides is 1. The fraction of sp³-hybridized carbons (Fsp3) is 0.593. The van der Waals surface area contributed by atoms with Crippen LogP contribution in [-0.4, -0.2) is 63.7 Å². The first-order valence-electron chi connectivity index (χ1n) is 13.2. The lowest BCUT2D eigenvalue weighted by Gasteiger charge is -2.38. The van der Waals surface area contributed by atoms with Crippen molar-refractivity contribution in [1.82, 2.24) is 14.6 Å². The minimum atomic E-state index is -3.66. The maximum atomic E-state index is 13.5. The molecule has 1 aromatic carbocycles. The maximum Gasteiger partial charge on any atom is 0.242 e. The van der Waals surface area contributed by atoms with E-state index in [0.717, 1.165) is 88.7 Å². The van der Waals surface area contributed by atoms with Crippen molar-refractivity contribution in [3.63, 3.8) is 0 Å². The highest BCUT2D eigenvalue weighted by Gasteiger charge is 2.38. The highest BCUT2D eigenvalue weighted by molar-refractivity contribution is 7.89. The van der Waals surface area contributed by atoms with E-state index in [1.54, 1.807) is 12.1 Å². The Kier molecular flexibility index (Phi) is 7.81. The molecule has 37 heavy (non-hydrogen) atoms. The van der Waals surface area contributed by atoms with Gasteiger partial charge in [-0.3, -0.25) is 4.90 Å². The molecule has 3 fully saturated rings. The predicted octanol–water partition coefficient (Wildman–Crippen LogP) is 4.09. The van der Waals surface area contributed by atoms with Crippen LogP contribution >= 0.6 is 0 Å². The van der Waals surface area contributed by atoms with E-state index in [-0.39, 0.29) is 17.0 Å². The van der Waals surface area contributed by atoms with E-state index >= 15 is 0 Å². The van der Waals surface area contributed by atoms with Gasteiger partial charge in [0.05, 0.1) is 6.61 Å². The summed E-state index contributed by atoms with van der Waals surface area (Å²) in [6, 6.07) is 7.56. The van der Waals surface area contributed by atoms with Gasteiger partial charge in [-0.1, -0.05) is 6.07 Å². The zero-order valence-corrected chi connectivity index (χ0v) is 22.2. The number of pyridine rings is 1. The predicted molar refractivity (Wildman–Crippen MR) is 138 cm³/mol. The summed E-state index contributed by atoms with van der Waals surface area (Å²) in [6.45, 7) is 4.04. The molecule has 1 saturated carbocycles. The van der Waals surface area contributed by atoms with Gasteiger partial charge in [-0.25, -0.2) is 26.9 Å². The van der Waals surface area contributed by atoms with Crippen LogP contribution in [0.5, 0.6) is 0 Å². The molecule has 3 aliphatic rings. The standard InChI is InChI=1S/C27H36F2N4O3S/c1-32(18-20-2-8-24(28)25(29)16-20)22-5-3-21(4-6-22)31-37(34,35)23-7-9-26(30-17-23)33-13-10-27(11-14-33)12-15-36-19-27/h2,7-9,16-17,21-22,31H,3-6,10-15,18-19H2,1H3. The Morgan fingerprint density at radius 1 is 1.08 bits per heavy atom. The van der Waals surface area contributed by atoms with E-state index in [9.17, 15) is 17.2 Å². The summed E-state index contributed by atoms with van der Waals surface area (Å²) in [5, 5.41) is 0. The van der Waals surface area contributed by atoms with Crippen LogP contribution in [0.2, 0.25) is 0 Å². The smallest absolute Gasteiger partial charge is 0.242 e. The van der Waals surface area contributed by atoms with Crippen LogP contribution in [0.1, 0.15) is 50.5 Å². The van der Waals surface area contributed by atoms with Gasteiger partial charge in [-0.15, -0.1) is 0 Å². The van der Waals surface area contributed by atoms with Gasteiger partial charge < -0.3 is 9.64 Å². The van der Waals surface area contributed by atoms with Gasteiger partial charge in [0.2, 0.25) is 10.0 Å². The molecule has 0 atom stereocenters. The molecule has 202 valence electrons. The molecule has 10 heteroatoms. The molecule has 5 rings (SSSR count). The molecule has 2 aromatic rings. The Morgan fingerprint density at radius 2 is 1.84 bits per heavy atom. The van der Waals surface area contributed by atoms with Crippen LogP contribution in [0.4, 0.5) is 14.6 Å². The number of anilines is 1. The lowest BCUT2D eigenvalue weighted by Crippen LogP contribution is -2.42. The van der Waals surface area contributed by atoms with Crippen molar-refractivity contribution in [3.8, 4) is 0 Å². The van der Waals surface area contributed by atoms with E-state index < -0.39 is 21.7 Å². The number of aromatic nitrogens is 1. The Morgan fingerprint density at radius 3 is 2.46 bits per heavy atom. The third kappa shape index (κ3) is 6.13. The number of rotatable bonds is 7. The first kappa shape index (κ1) is 26.5. The van der Waals surface area contributed by atoms with Crippen molar-refractivity contribution in [2.24, 2.45) is 5.41 Å². The van der Waals surface area contributed by atoms with E-state index in [1.165, 1.54) is 12.3 Å². The molecule has 0 amide bonds. The summed E-state index contributed by atoms with van der Waals surface area (Å²) in [4.78, 5) is 9.02. The van der Waals surface area contributed by atoms with Crippen molar-refractivity contribution in [1.29, 1.82) is 0 Å². The summed E-state index contributed by atoms with van der Waals surface area (Å²) in [7, 11) is -1.69. The molecule has 1 N–H and O–H groups in total. The number of hydrogen-bond donors (Lipinski definition) is 1. The van der Waals surface area contributed by atoms with Gasteiger partial charge >= 0.3 is 0 Å². The third-order valence-corrected chi connectivity index (χ3v) is 9.93. The van der Waals surface area contributed by atoms with Crippen LogP contribution in [0.15, 0.2) is 41.4 Å². The average Bonchev–Trinajstić information content (AvgIpc) is 3.35. The van der Waals surface area contributed by atoms with Crippen molar-refractivity contribution in [3.05, 3.63) is 53.7 Å². The zero-order valence-electron chi connectivity index (χ0n) is 21.3. The van der Waals surface area contributed by atoms with Gasteiger partial charge in [0.25, 0.3) is 0 Å². The molecular formula is C27H36F2N4O3S. The molecule has 2 saturated heterocycles. The molecule has 2 aliphatic heterocycles. The number of nitrogens with zero attached hydrogens (tertiary/aromatic N) is 3. The maximum absolute atomic E-state index is 13.5. The van der Waals surface area contributed by atoms with Gasteiger partial charge in [0.15, 0.2) is 11.6 Å². The average molecular weight is 535 g/mol. The number of hydrogen-bond acceptors (Lipinski definition) is 6. The second-order valence-corrected chi connectivity index (χ2v) is 12.6. The van der Waals surface area contributed by atoms with E-state index in [0.29, 0.717) is 12.0 Å². The number of benzene rings is 1. The fourth-order valence-electron chi connectivity index (χ4n) is 5.95. The first-order valence-corrected chi connectivity index (χ1v) is 14.7. The Hall–Kier alpha value is -2.14. The quantitative estimate of drug-likeness (QED) is 0.577. The third-order valence-electron chi connectivity index (χ3n) is 8.42. The van der Waals surface area contributed by atoms with Crippen LogP contribution in [0.25, 0.3) is 0 Å². The molecule has 0 unspecified atom stereocenters. The Labute approximate surface area is 218 Å². The number of ether oxygens (including phenoxy) is 1. The minimum absolute atomic E-state index is 0.135. The van der Waals surface area contributed by atoms with Gasteiger partial charge in [0, 0.05) is 44.5 Å². The van der Waals surface area contributed by atoms with Crippen LogP contribution in [0, 0.1) is 17.0 Å². The van der Waals surface area contributed by atoms with Crippen LogP contribution in [0.3, 0.4) is 0 Å². The minimum Gasteiger partial charge on any atom is -0.381 e. The molecule has 1 spiro atoms. The van der Waals surface area contributed by atoms with Crippen molar-refractivity contribution < 1.29 is 21.9 Å². The second kappa shape index (κ2) is 10.9. The fourth-order valence-corrected chi connectivity index (χ4v) is 7.20. The van der Waals surface area contributed by atoms with Crippen molar-refractivity contribution >= 4 is 15.8 Å². The van der Waals surface area contributed by atoms with E-state index in [1.807, 2.05) is 13.1 Å². The highest BCUT2D eigenvalue weighted by atomic mass is 32.2. The second-order valence-electron chi connectivity index (χ2n) is 10.9. The Balaban J connectivity index is 1.11. The monoisotopic (exact) mass is 534 g/mol. The van der Waals surface area contributed by atoms with Crippen molar-refractivity contribution in [2.75, 3.05) is 38.3 Å². The molecular weight excluding hydrogens is 498 g/mol. The van der Waals surface area contributed by atoms with E-state index in [4.69, 9.17) is 4.74 Å².